The predicted molar refractivity (Wildman–Crippen MR) is 120 cm³/mol. The summed E-state index contributed by atoms with van der Waals surface area (Å²) in [6, 6.07) is 8.33. The molecular formula is C24H29N3O2. The molecule has 29 heavy (non-hydrogen) atoms. The molecule has 2 aromatic carbocycles. The summed E-state index contributed by atoms with van der Waals surface area (Å²) in [4.78, 5) is 2.35. The number of rotatable bonds is 6. The van der Waals surface area contributed by atoms with E-state index in [-0.39, 0.29) is 6.10 Å². The van der Waals surface area contributed by atoms with Crippen LogP contribution < -0.4 is 4.74 Å². The smallest absolute Gasteiger partial charge is 0.120 e. The molecule has 0 atom stereocenters. The third-order valence-corrected chi connectivity index (χ3v) is 6.17. The molecule has 2 N–H and O–H groups in total. The van der Waals surface area contributed by atoms with Gasteiger partial charge in [0.25, 0.3) is 0 Å². The van der Waals surface area contributed by atoms with Crippen molar-refractivity contribution in [1.29, 1.82) is 5.41 Å². The molecule has 0 saturated carbocycles. The lowest BCUT2D eigenvalue weighted by Gasteiger charge is -2.29. The Bertz CT molecular complexity index is 1080. The number of ether oxygens (including phenoxy) is 1. The zero-order chi connectivity index (χ0) is 20.5. The Hall–Kier alpha value is -2.63. The fourth-order valence-corrected chi connectivity index (χ4v) is 4.54. The largest absolute Gasteiger partial charge is 0.492 e. The second-order valence-electron chi connectivity index (χ2n) is 7.91. The number of nitrogens with zero attached hydrogens (tertiary/aromatic N) is 2. The average molecular weight is 392 g/mol. The van der Waals surface area contributed by atoms with E-state index < -0.39 is 0 Å². The maximum atomic E-state index is 9.63. The number of fused-ring (bicyclic) bond motifs is 3. The molecule has 0 unspecified atom stereocenters. The summed E-state index contributed by atoms with van der Waals surface area (Å²) in [6.45, 7) is 9.41. The van der Waals surface area contributed by atoms with Crippen LogP contribution >= 0.6 is 0 Å². The molecule has 1 fully saturated rings. The van der Waals surface area contributed by atoms with Gasteiger partial charge in [-0.3, -0.25) is 4.90 Å². The highest BCUT2D eigenvalue weighted by Crippen LogP contribution is 2.35. The van der Waals surface area contributed by atoms with Gasteiger partial charge in [0.2, 0.25) is 0 Å². The van der Waals surface area contributed by atoms with Crippen LogP contribution in [0.5, 0.6) is 5.75 Å². The number of aliphatic hydroxyl groups is 1. The normalized spacial score (nSPS) is 15.8. The van der Waals surface area contributed by atoms with Crippen LogP contribution in [-0.2, 0) is 7.05 Å². The first-order valence-electron chi connectivity index (χ1n) is 10.3. The van der Waals surface area contributed by atoms with Crippen LogP contribution in [0.2, 0.25) is 0 Å². The molecule has 1 aliphatic rings. The molecule has 0 spiro atoms. The summed E-state index contributed by atoms with van der Waals surface area (Å²) in [5, 5.41) is 19.7. The molecule has 0 bridgehead atoms. The Morgan fingerprint density at radius 2 is 2.00 bits per heavy atom. The summed E-state index contributed by atoms with van der Waals surface area (Å²) >= 11 is 0. The van der Waals surface area contributed by atoms with E-state index in [2.05, 4.69) is 48.2 Å². The topological polar surface area (TPSA) is 61.5 Å². The summed E-state index contributed by atoms with van der Waals surface area (Å²) in [7, 11) is 2.08. The van der Waals surface area contributed by atoms with Gasteiger partial charge in [0, 0.05) is 54.7 Å². The Kier molecular flexibility index (Phi) is 5.43. The van der Waals surface area contributed by atoms with Crippen LogP contribution in [0.3, 0.4) is 0 Å². The maximum absolute atomic E-state index is 9.63. The molecule has 3 aromatic rings. The predicted octanol–water partition coefficient (Wildman–Crippen LogP) is 4.12. The van der Waals surface area contributed by atoms with Crippen molar-refractivity contribution in [2.24, 2.45) is 7.05 Å². The molecule has 0 aliphatic carbocycles. The van der Waals surface area contributed by atoms with Crippen molar-refractivity contribution >= 4 is 34.1 Å². The Morgan fingerprint density at radius 3 is 2.69 bits per heavy atom. The Balaban J connectivity index is 1.63. The molecule has 2 heterocycles. The highest BCUT2D eigenvalue weighted by atomic mass is 16.5. The Morgan fingerprint density at radius 1 is 1.24 bits per heavy atom. The zero-order valence-electron chi connectivity index (χ0n) is 17.2. The van der Waals surface area contributed by atoms with Crippen molar-refractivity contribution < 1.29 is 9.84 Å². The first kappa shape index (κ1) is 19.7. The van der Waals surface area contributed by atoms with E-state index >= 15 is 0 Å². The van der Waals surface area contributed by atoms with E-state index in [9.17, 15) is 5.11 Å². The van der Waals surface area contributed by atoms with Crippen LogP contribution in [0.25, 0.3) is 27.9 Å². The molecule has 5 nitrogen and oxygen atoms in total. The van der Waals surface area contributed by atoms with E-state index in [0.717, 1.165) is 71.2 Å². The van der Waals surface area contributed by atoms with Gasteiger partial charge in [-0.1, -0.05) is 12.7 Å². The van der Waals surface area contributed by atoms with Gasteiger partial charge in [0.15, 0.2) is 0 Å². The van der Waals surface area contributed by atoms with E-state index in [1.54, 1.807) is 0 Å². The molecule has 1 aromatic heterocycles. The summed E-state index contributed by atoms with van der Waals surface area (Å²) in [6.07, 6.45) is 4.79. The minimum absolute atomic E-state index is 0.142. The highest BCUT2D eigenvalue weighted by molar-refractivity contribution is 6.12. The third kappa shape index (κ3) is 3.56. The van der Waals surface area contributed by atoms with Crippen LogP contribution in [0.1, 0.15) is 29.5 Å². The lowest BCUT2D eigenvalue weighted by molar-refractivity contribution is 0.0755. The highest BCUT2D eigenvalue weighted by Gasteiger charge is 2.17. The van der Waals surface area contributed by atoms with Gasteiger partial charge in [-0.15, -0.1) is 0 Å². The number of aliphatic hydroxyl groups excluding tert-OH is 1. The number of benzene rings is 2. The summed E-state index contributed by atoms with van der Waals surface area (Å²) in [5.41, 5.74) is 5.37. The fourth-order valence-electron chi connectivity index (χ4n) is 4.54. The standard InChI is InChI=1S/C24H29N3O2/c1-4-20-16(2)24-22(13-17(20)15-25)21-14-19(5-6-23(21)26(24)3)29-12-11-27-9-7-18(28)8-10-27/h4-6,13-15,18,25,28H,1,7-12H2,2-3H3. The lowest BCUT2D eigenvalue weighted by atomic mass is 9.98. The van der Waals surface area contributed by atoms with E-state index in [1.807, 2.05) is 12.1 Å². The molecule has 0 amide bonds. The van der Waals surface area contributed by atoms with Gasteiger partial charge in [-0.25, -0.2) is 0 Å². The van der Waals surface area contributed by atoms with Gasteiger partial charge in [0.1, 0.15) is 12.4 Å². The van der Waals surface area contributed by atoms with Crippen molar-refractivity contribution in [3.8, 4) is 5.75 Å². The molecule has 1 saturated heterocycles. The van der Waals surface area contributed by atoms with Crippen molar-refractivity contribution in [3.05, 3.63) is 47.5 Å². The molecule has 0 radical (unpaired) electrons. The molecular weight excluding hydrogens is 362 g/mol. The van der Waals surface area contributed by atoms with E-state index in [1.165, 1.54) is 11.7 Å². The number of aryl methyl sites for hydroxylation is 2. The quantitative estimate of drug-likeness (QED) is 0.622. The number of aromatic nitrogens is 1. The minimum Gasteiger partial charge on any atom is -0.492 e. The molecule has 5 heteroatoms. The second-order valence-corrected chi connectivity index (χ2v) is 7.91. The van der Waals surface area contributed by atoms with Crippen LogP contribution in [0.15, 0.2) is 30.8 Å². The summed E-state index contributed by atoms with van der Waals surface area (Å²) < 4.78 is 8.27. The monoisotopic (exact) mass is 391 g/mol. The molecule has 152 valence electrons. The van der Waals surface area contributed by atoms with Gasteiger partial charge in [-0.2, -0.15) is 0 Å². The first-order chi connectivity index (χ1) is 14.0. The molecule has 1 aliphatic heterocycles. The Labute approximate surface area is 171 Å². The minimum atomic E-state index is -0.142. The van der Waals surface area contributed by atoms with Crippen LogP contribution in [0, 0.1) is 12.3 Å². The number of likely N-dealkylation sites (tertiary alicyclic amines) is 1. The molecule has 4 rings (SSSR count). The van der Waals surface area contributed by atoms with Gasteiger partial charge in [-0.05, 0) is 55.2 Å². The van der Waals surface area contributed by atoms with Crippen LogP contribution in [0.4, 0.5) is 0 Å². The van der Waals surface area contributed by atoms with Crippen molar-refractivity contribution in [2.75, 3.05) is 26.2 Å². The van der Waals surface area contributed by atoms with Gasteiger partial charge < -0.3 is 19.8 Å². The first-order valence-corrected chi connectivity index (χ1v) is 10.3. The zero-order valence-corrected chi connectivity index (χ0v) is 17.2. The number of hydrogen-bond donors (Lipinski definition) is 2. The van der Waals surface area contributed by atoms with Gasteiger partial charge in [0.05, 0.1) is 11.6 Å². The SMILES string of the molecule is C=Cc1c(C=N)cc2c3cc(OCCN4CCC(O)CC4)ccc3n(C)c2c1C. The van der Waals surface area contributed by atoms with Crippen LogP contribution in [-0.4, -0.2) is 53.1 Å². The lowest BCUT2D eigenvalue weighted by Crippen LogP contribution is -2.38. The van der Waals surface area contributed by atoms with Crippen molar-refractivity contribution in [2.45, 2.75) is 25.9 Å². The van der Waals surface area contributed by atoms with E-state index in [0.29, 0.717) is 6.61 Å². The third-order valence-electron chi connectivity index (χ3n) is 6.17. The second kappa shape index (κ2) is 8.01. The number of hydrogen-bond acceptors (Lipinski definition) is 4. The van der Waals surface area contributed by atoms with E-state index in [4.69, 9.17) is 10.1 Å². The maximum Gasteiger partial charge on any atom is 0.120 e. The average Bonchev–Trinajstić information content (AvgIpc) is 3.01. The number of nitrogens with one attached hydrogen (secondary N) is 1. The van der Waals surface area contributed by atoms with Crippen molar-refractivity contribution in [1.82, 2.24) is 9.47 Å². The summed E-state index contributed by atoms with van der Waals surface area (Å²) in [5.74, 6) is 0.865. The fraction of sp³-hybridized carbons (Fsp3) is 0.375. The van der Waals surface area contributed by atoms with Crippen molar-refractivity contribution in [3.63, 3.8) is 0 Å². The number of piperidine rings is 1. The van der Waals surface area contributed by atoms with Gasteiger partial charge >= 0.3 is 0 Å².